The van der Waals surface area contributed by atoms with E-state index in [2.05, 4.69) is 49.7 Å². The average Bonchev–Trinajstić information content (AvgIpc) is 2.47. The molecule has 1 aliphatic heterocycles. The molecule has 0 spiro atoms. The average molecular weight is 226 g/mol. The molecule has 0 saturated carbocycles. The highest BCUT2D eigenvalue weighted by molar-refractivity contribution is 5.79. The van der Waals surface area contributed by atoms with Gasteiger partial charge in [-0.3, -0.25) is 0 Å². The minimum atomic E-state index is -0.0880. The normalized spacial score (nSPS) is 23.2. The first kappa shape index (κ1) is 13.3. The van der Waals surface area contributed by atoms with E-state index in [1.54, 1.807) is 0 Å². The lowest BCUT2D eigenvalue weighted by Crippen LogP contribution is -2.46. The molecule has 0 radical (unpaired) electrons. The van der Waals surface area contributed by atoms with Crippen molar-refractivity contribution in [1.82, 2.24) is 9.80 Å². The van der Waals surface area contributed by atoms with Gasteiger partial charge >= 0.3 is 0 Å². The van der Waals surface area contributed by atoms with Crippen molar-refractivity contribution in [3.05, 3.63) is 0 Å². The number of hydrogen-bond donors (Lipinski definition) is 1. The molecule has 1 fully saturated rings. The first-order valence-corrected chi connectivity index (χ1v) is 6.06. The highest BCUT2D eigenvalue weighted by Crippen LogP contribution is 2.18. The van der Waals surface area contributed by atoms with E-state index < -0.39 is 0 Å². The van der Waals surface area contributed by atoms with Crippen LogP contribution < -0.4 is 5.73 Å². The van der Waals surface area contributed by atoms with Crippen LogP contribution in [0.3, 0.4) is 0 Å². The largest absolute Gasteiger partial charge is 0.370 e. The molecule has 0 amide bonds. The topological polar surface area (TPSA) is 44.9 Å². The van der Waals surface area contributed by atoms with Crippen molar-refractivity contribution < 1.29 is 0 Å². The lowest BCUT2D eigenvalue weighted by Gasteiger charge is -2.29. The van der Waals surface area contributed by atoms with E-state index in [-0.39, 0.29) is 5.54 Å². The fourth-order valence-electron chi connectivity index (χ4n) is 2.16. The summed E-state index contributed by atoms with van der Waals surface area (Å²) in [5.41, 5.74) is 6.00. The van der Waals surface area contributed by atoms with Crippen molar-refractivity contribution in [3.63, 3.8) is 0 Å². The van der Waals surface area contributed by atoms with Crippen molar-refractivity contribution in [2.75, 3.05) is 27.2 Å². The molecule has 1 rings (SSSR count). The van der Waals surface area contributed by atoms with E-state index in [4.69, 9.17) is 5.73 Å². The fourth-order valence-corrected chi connectivity index (χ4v) is 2.16. The van der Waals surface area contributed by atoms with Crippen LogP contribution in [0.15, 0.2) is 4.99 Å². The summed E-state index contributed by atoms with van der Waals surface area (Å²) in [5.74, 6) is 0.705. The van der Waals surface area contributed by atoms with Crippen LogP contribution in [-0.4, -0.2) is 54.5 Å². The first-order chi connectivity index (χ1) is 7.29. The zero-order chi connectivity index (χ0) is 12.3. The Labute approximate surface area is 99.5 Å². The van der Waals surface area contributed by atoms with Gasteiger partial charge in [0.1, 0.15) is 0 Å². The number of likely N-dealkylation sites (N-methyl/N-ethyl adjacent to an activating group) is 1. The number of nitrogens with two attached hydrogens (primary N) is 1. The molecule has 1 saturated heterocycles. The van der Waals surface area contributed by atoms with Crippen molar-refractivity contribution in [1.29, 1.82) is 0 Å². The first-order valence-electron chi connectivity index (χ1n) is 6.06. The third-order valence-electron chi connectivity index (χ3n) is 2.70. The van der Waals surface area contributed by atoms with Gasteiger partial charge < -0.3 is 15.5 Å². The Kier molecular flexibility index (Phi) is 4.19. The molecule has 94 valence electrons. The molecule has 1 unspecified atom stereocenters. The van der Waals surface area contributed by atoms with Crippen molar-refractivity contribution in [2.24, 2.45) is 10.7 Å². The summed E-state index contributed by atoms with van der Waals surface area (Å²) in [6.07, 6.45) is 2.44. The Morgan fingerprint density at radius 3 is 2.56 bits per heavy atom. The fraction of sp³-hybridized carbons (Fsp3) is 0.917. The maximum absolute atomic E-state index is 6.09. The maximum atomic E-state index is 6.09. The van der Waals surface area contributed by atoms with Crippen LogP contribution in [0, 0.1) is 0 Å². The molecule has 16 heavy (non-hydrogen) atoms. The second-order valence-electron chi connectivity index (χ2n) is 5.89. The molecule has 2 N–H and O–H groups in total. The van der Waals surface area contributed by atoms with Crippen LogP contribution in [0.25, 0.3) is 0 Å². The summed E-state index contributed by atoms with van der Waals surface area (Å²) in [6, 6.07) is 0.529. The molecule has 0 aromatic carbocycles. The quantitative estimate of drug-likeness (QED) is 0.567. The van der Waals surface area contributed by atoms with Crippen molar-refractivity contribution in [2.45, 2.75) is 45.2 Å². The zero-order valence-electron chi connectivity index (χ0n) is 11.3. The van der Waals surface area contributed by atoms with Gasteiger partial charge in [-0.05, 0) is 47.7 Å². The summed E-state index contributed by atoms with van der Waals surface area (Å²) in [5, 5.41) is 0. The van der Waals surface area contributed by atoms with Crippen LogP contribution in [0.2, 0.25) is 0 Å². The molecule has 4 heteroatoms. The van der Waals surface area contributed by atoms with Crippen LogP contribution in [0.5, 0.6) is 0 Å². The highest BCUT2D eigenvalue weighted by Gasteiger charge is 2.27. The number of hydrogen-bond acceptors (Lipinski definition) is 2. The summed E-state index contributed by atoms with van der Waals surface area (Å²) in [6.45, 7) is 8.34. The molecule has 1 heterocycles. The van der Waals surface area contributed by atoms with Crippen LogP contribution in [0.4, 0.5) is 0 Å². The predicted molar refractivity (Wildman–Crippen MR) is 69.7 cm³/mol. The lowest BCUT2D eigenvalue weighted by molar-refractivity contribution is 0.282. The number of likely N-dealkylation sites (tertiary alicyclic amines) is 1. The molecule has 1 aliphatic rings. The third-order valence-corrected chi connectivity index (χ3v) is 2.70. The zero-order valence-corrected chi connectivity index (χ0v) is 11.3. The maximum Gasteiger partial charge on any atom is 0.192 e. The number of aliphatic imine (C=N–C) groups is 1. The van der Waals surface area contributed by atoms with Gasteiger partial charge in [0.25, 0.3) is 0 Å². The van der Waals surface area contributed by atoms with Gasteiger partial charge in [-0.2, -0.15) is 0 Å². The van der Waals surface area contributed by atoms with Gasteiger partial charge in [0.05, 0.1) is 5.54 Å². The summed E-state index contributed by atoms with van der Waals surface area (Å²) >= 11 is 0. The van der Waals surface area contributed by atoms with Crippen molar-refractivity contribution in [3.8, 4) is 0 Å². The molecule has 0 aromatic heterocycles. The van der Waals surface area contributed by atoms with E-state index in [1.807, 2.05) is 0 Å². The molecule has 1 atom stereocenters. The van der Waals surface area contributed by atoms with Gasteiger partial charge in [0.2, 0.25) is 0 Å². The van der Waals surface area contributed by atoms with E-state index in [1.165, 1.54) is 12.8 Å². The smallest absolute Gasteiger partial charge is 0.192 e. The molecule has 4 nitrogen and oxygen atoms in total. The van der Waals surface area contributed by atoms with E-state index in [0.29, 0.717) is 12.0 Å². The minimum Gasteiger partial charge on any atom is -0.370 e. The second-order valence-corrected chi connectivity index (χ2v) is 5.89. The molecular formula is C12H26N4. The third kappa shape index (κ3) is 4.00. The summed E-state index contributed by atoms with van der Waals surface area (Å²) < 4.78 is 0. The number of nitrogens with zero attached hydrogens (tertiary/aromatic N) is 3. The van der Waals surface area contributed by atoms with Crippen LogP contribution in [-0.2, 0) is 0 Å². The lowest BCUT2D eigenvalue weighted by atomic mass is 10.1. The molecule has 0 aromatic rings. The van der Waals surface area contributed by atoms with E-state index >= 15 is 0 Å². The summed E-state index contributed by atoms with van der Waals surface area (Å²) in [4.78, 5) is 9.02. The van der Waals surface area contributed by atoms with E-state index in [9.17, 15) is 0 Å². The number of rotatable bonds is 2. The Morgan fingerprint density at radius 1 is 1.44 bits per heavy atom. The van der Waals surface area contributed by atoms with Crippen LogP contribution >= 0.6 is 0 Å². The van der Waals surface area contributed by atoms with Gasteiger partial charge in [0, 0.05) is 19.1 Å². The molecule has 0 aliphatic carbocycles. The van der Waals surface area contributed by atoms with Gasteiger partial charge in [0.15, 0.2) is 5.96 Å². The highest BCUT2D eigenvalue weighted by atomic mass is 15.3. The summed E-state index contributed by atoms with van der Waals surface area (Å²) in [7, 11) is 4.21. The Balaban J connectivity index is 2.68. The van der Waals surface area contributed by atoms with Crippen molar-refractivity contribution >= 4 is 5.96 Å². The SMILES string of the molecule is CN(C)CC1CCCN1C(N)=NC(C)(C)C. The second kappa shape index (κ2) is 5.04. The van der Waals surface area contributed by atoms with Crippen LogP contribution in [0.1, 0.15) is 33.6 Å². The monoisotopic (exact) mass is 226 g/mol. The molecule has 0 bridgehead atoms. The Bertz CT molecular complexity index is 252. The minimum absolute atomic E-state index is 0.0880. The molecular weight excluding hydrogens is 200 g/mol. The Morgan fingerprint density at radius 2 is 2.06 bits per heavy atom. The van der Waals surface area contributed by atoms with Gasteiger partial charge in [-0.1, -0.05) is 0 Å². The standard InChI is InChI=1S/C12H26N4/c1-12(2,3)14-11(13)16-8-6-7-10(16)9-15(4)5/h10H,6-9H2,1-5H3,(H2,13,14). The Hall–Kier alpha value is -0.770. The number of guanidine groups is 1. The van der Waals surface area contributed by atoms with Gasteiger partial charge in [-0.15, -0.1) is 0 Å². The van der Waals surface area contributed by atoms with Gasteiger partial charge in [-0.25, -0.2) is 4.99 Å². The predicted octanol–water partition coefficient (Wildman–Crippen LogP) is 1.13. The van der Waals surface area contributed by atoms with E-state index in [0.717, 1.165) is 13.1 Å².